The highest BCUT2D eigenvalue weighted by Crippen LogP contribution is 2.09. The fourth-order valence-corrected chi connectivity index (χ4v) is 1.24. The lowest BCUT2D eigenvalue weighted by Gasteiger charge is -1.95. The summed E-state index contributed by atoms with van der Waals surface area (Å²) >= 11 is 0. The van der Waals surface area contributed by atoms with Gasteiger partial charge in [0.1, 0.15) is 5.69 Å². The maximum absolute atomic E-state index is 11.6. The summed E-state index contributed by atoms with van der Waals surface area (Å²) in [6.07, 6.45) is 0. The van der Waals surface area contributed by atoms with Crippen LogP contribution in [0, 0.1) is 17.0 Å². The molecule has 0 unspecified atom stereocenters. The summed E-state index contributed by atoms with van der Waals surface area (Å²) in [5.41, 5.74) is 8.67. The smallest absolute Gasteiger partial charge is 0.357 e. The Hall–Kier alpha value is -2.53. The van der Waals surface area contributed by atoms with Crippen LogP contribution in [0.1, 0.15) is 5.69 Å². The monoisotopic (exact) mass is 271 g/mol. The van der Waals surface area contributed by atoms with Crippen LogP contribution < -0.4 is 17.0 Å². The quantitative estimate of drug-likeness (QED) is 0.363. The molecule has 2 aromatic heterocycles. The molecule has 0 fully saturated rings. The molecule has 0 atom stereocenters. The molecular weight excluding hydrogens is 258 g/mol. The molecular formula is C8H13N7O4. The van der Waals surface area contributed by atoms with Crippen molar-refractivity contribution in [1.82, 2.24) is 19.6 Å². The zero-order valence-electron chi connectivity index (χ0n) is 10.0. The number of nitrogen functional groups attached to an aromatic ring is 1. The summed E-state index contributed by atoms with van der Waals surface area (Å²) < 4.78 is 0.834. The van der Waals surface area contributed by atoms with Gasteiger partial charge in [-0.3, -0.25) is 20.0 Å². The van der Waals surface area contributed by atoms with Gasteiger partial charge in [-0.25, -0.2) is 4.98 Å². The van der Waals surface area contributed by atoms with E-state index < -0.39 is 16.2 Å². The van der Waals surface area contributed by atoms with Crippen molar-refractivity contribution in [2.75, 3.05) is 18.9 Å². The number of nitro groups is 1. The normalized spacial score (nSPS) is 10.1. The molecule has 2 rings (SSSR count). The summed E-state index contributed by atoms with van der Waals surface area (Å²) in [4.78, 5) is 28.8. The van der Waals surface area contributed by atoms with Gasteiger partial charge >= 0.3 is 11.2 Å². The van der Waals surface area contributed by atoms with Gasteiger partial charge in [-0.05, 0) is 6.92 Å². The van der Waals surface area contributed by atoms with Crippen molar-refractivity contribution in [3.8, 4) is 0 Å². The number of nitrogens with one attached hydrogen (secondary N) is 1. The molecule has 0 radical (unpaired) electrons. The lowest BCUT2D eigenvalue weighted by atomic mass is 10.4. The molecule has 0 aliphatic rings. The van der Waals surface area contributed by atoms with Gasteiger partial charge in [0.15, 0.2) is 0 Å². The lowest BCUT2D eigenvalue weighted by molar-refractivity contribution is -0.387. The highest BCUT2D eigenvalue weighted by Gasteiger charge is 2.21. The first-order valence-electron chi connectivity index (χ1n) is 5.12. The van der Waals surface area contributed by atoms with E-state index in [4.69, 9.17) is 16.6 Å². The SMILES string of the molecule is Cc1nc2nc(N)[nH]n2c(=O)c1[N+](=O)[O-].NCCO. The maximum atomic E-state index is 11.6. The van der Waals surface area contributed by atoms with Crippen LogP contribution in [0.2, 0.25) is 0 Å². The van der Waals surface area contributed by atoms with Crippen LogP contribution in [0.4, 0.5) is 11.6 Å². The topological polar surface area (TPSA) is 178 Å². The number of H-pyrrole nitrogens is 1. The summed E-state index contributed by atoms with van der Waals surface area (Å²) in [6, 6.07) is 0. The van der Waals surface area contributed by atoms with Gasteiger partial charge in [0, 0.05) is 6.54 Å². The van der Waals surface area contributed by atoms with E-state index in [0.717, 1.165) is 4.52 Å². The lowest BCUT2D eigenvalue weighted by Crippen LogP contribution is -2.20. The van der Waals surface area contributed by atoms with E-state index in [-0.39, 0.29) is 24.0 Å². The predicted octanol–water partition coefficient (Wildman–Crippen LogP) is -1.85. The first-order chi connectivity index (χ1) is 8.92. The van der Waals surface area contributed by atoms with Gasteiger partial charge in [0.05, 0.1) is 11.5 Å². The second-order valence-electron chi connectivity index (χ2n) is 3.36. The Balaban J connectivity index is 0.000000399. The molecule has 104 valence electrons. The first kappa shape index (κ1) is 14.5. The van der Waals surface area contributed by atoms with Crippen LogP contribution in [-0.4, -0.2) is 42.8 Å². The number of anilines is 1. The van der Waals surface area contributed by atoms with E-state index in [1.165, 1.54) is 6.92 Å². The largest absolute Gasteiger partial charge is 0.395 e. The maximum Gasteiger partial charge on any atom is 0.357 e. The average molecular weight is 271 g/mol. The van der Waals surface area contributed by atoms with Crippen LogP contribution >= 0.6 is 0 Å². The molecule has 19 heavy (non-hydrogen) atoms. The number of aliphatic hydroxyl groups is 1. The Morgan fingerprint density at radius 1 is 1.53 bits per heavy atom. The van der Waals surface area contributed by atoms with Crippen LogP contribution in [0.25, 0.3) is 5.78 Å². The fraction of sp³-hybridized carbons (Fsp3) is 0.375. The third-order valence-corrected chi connectivity index (χ3v) is 1.97. The van der Waals surface area contributed by atoms with Gasteiger partial charge in [0.2, 0.25) is 5.95 Å². The predicted molar refractivity (Wildman–Crippen MR) is 65.6 cm³/mol. The molecule has 0 amide bonds. The summed E-state index contributed by atoms with van der Waals surface area (Å²) in [5, 5.41) is 20.7. The molecule has 0 aromatic carbocycles. The first-order valence-corrected chi connectivity index (χ1v) is 5.12. The van der Waals surface area contributed by atoms with Crippen molar-refractivity contribution in [1.29, 1.82) is 0 Å². The average Bonchev–Trinajstić information content (AvgIpc) is 2.70. The molecule has 2 heterocycles. The van der Waals surface area contributed by atoms with Crippen LogP contribution in [-0.2, 0) is 0 Å². The van der Waals surface area contributed by atoms with Crippen molar-refractivity contribution < 1.29 is 10.0 Å². The van der Waals surface area contributed by atoms with Crippen molar-refractivity contribution in [3.05, 3.63) is 26.2 Å². The molecule has 6 N–H and O–H groups in total. The van der Waals surface area contributed by atoms with E-state index in [2.05, 4.69) is 15.1 Å². The van der Waals surface area contributed by atoms with E-state index in [0.29, 0.717) is 6.54 Å². The molecule has 0 saturated carbocycles. The summed E-state index contributed by atoms with van der Waals surface area (Å²) in [6.45, 7) is 1.84. The zero-order chi connectivity index (χ0) is 14.6. The van der Waals surface area contributed by atoms with Crippen LogP contribution in [0.15, 0.2) is 4.79 Å². The van der Waals surface area contributed by atoms with Crippen molar-refractivity contribution in [2.24, 2.45) is 5.73 Å². The Morgan fingerprint density at radius 2 is 2.11 bits per heavy atom. The van der Waals surface area contributed by atoms with Crippen molar-refractivity contribution in [2.45, 2.75) is 6.92 Å². The molecule has 0 saturated heterocycles. The van der Waals surface area contributed by atoms with Gasteiger partial charge < -0.3 is 16.6 Å². The van der Waals surface area contributed by atoms with E-state index in [9.17, 15) is 14.9 Å². The van der Waals surface area contributed by atoms with Gasteiger partial charge in [-0.15, -0.1) is 0 Å². The highest BCUT2D eigenvalue weighted by atomic mass is 16.6. The molecule has 0 spiro atoms. The number of aromatic nitrogens is 4. The Kier molecular flexibility index (Phi) is 4.50. The number of fused-ring (bicyclic) bond motifs is 1. The number of hydrogen-bond acceptors (Lipinski definition) is 8. The fourth-order valence-electron chi connectivity index (χ4n) is 1.24. The number of nitrogens with two attached hydrogens (primary N) is 2. The molecule has 11 nitrogen and oxygen atoms in total. The number of aromatic amines is 1. The third kappa shape index (κ3) is 3.02. The molecule has 11 heteroatoms. The molecule has 0 bridgehead atoms. The highest BCUT2D eigenvalue weighted by molar-refractivity contribution is 5.41. The zero-order valence-corrected chi connectivity index (χ0v) is 10.0. The Labute approximate surface area is 106 Å². The second kappa shape index (κ2) is 5.88. The van der Waals surface area contributed by atoms with E-state index in [1.807, 2.05) is 0 Å². The third-order valence-electron chi connectivity index (χ3n) is 1.97. The minimum absolute atomic E-state index is 0.0106. The minimum Gasteiger partial charge on any atom is -0.395 e. The molecule has 0 aliphatic carbocycles. The number of rotatable bonds is 2. The van der Waals surface area contributed by atoms with Crippen molar-refractivity contribution >= 4 is 17.4 Å². The van der Waals surface area contributed by atoms with Gasteiger partial charge in [-0.1, -0.05) is 0 Å². The number of nitrogens with zero attached hydrogens (tertiary/aromatic N) is 4. The van der Waals surface area contributed by atoms with Gasteiger partial charge in [0.25, 0.3) is 5.78 Å². The number of aliphatic hydroxyl groups excluding tert-OH is 1. The number of aryl methyl sites for hydroxylation is 1. The van der Waals surface area contributed by atoms with Gasteiger partial charge in [-0.2, -0.15) is 9.50 Å². The number of hydrogen-bond donors (Lipinski definition) is 4. The standard InChI is InChI=1S/C6H6N6O3.C2H7NO/c1-2-3(12(14)15)4(13)11-6(8-2)9-5(7)10-11;3-1-2-4/h1H3,(H3,7,8,9,10);4H,1-3H2. The van der Waals surface area contributed by atoms with E-state index in [1.54, 1.807) is 0 Å². The summed E-state index contributed by atoms with van der Waals surface area (Å²) in [5.74, 6) is -0.0138. The van der Waals surface area contributed by atoms with Crippen molar-refractivity contribution in [3.63, 3.8) is 0 Å². The van der Waals surface area contributed by atoms with Crippen LogP contribution in [0.3, 0.4) is 0 Å². The van der Waals surface area contributed by atoms with Crippen LogP contribution in [0.5, 0.6) is 0 Å². The molecule has 0 aliphatic heterocycles. The van der Waals surface area contributed by atoms with E-state index >= 15 is 0 Å². The molecule has 2 aromatic rings. The Bertz CT molecular complexity index is 644. The second-order valence-corrected chi connectivity index (χ2v) is 3.36. The Morgan fingerprint density at radius 3 is 2.58 bits per heavy atom. The minimum atomic E-state index is -0.827. The summed E-state index contributed by atoms with van der Waals surface area (Å²) in [7, 11) is 0.